The van der Waals surface area contributed by atoms with Crippen molar-refractivity contribution in [2.45, 2.75) is 61.9 Å². The SMILES string of the molecule is CC[C@]1(CC(=O)O)C[C@H](c2cccc(Cl)c2)[C@@H](c2ccc(Cl)cc2)N(C(CS(=O)(=O)c2ccc(F)cc2)C2CC2)C1=O. The Labute approximate surface area is 255 Å². The molecule has 2 aliphatic rings. The molecule has 1 unspecified atom stereocenters. The fraction of sp³-hybridized carbons (Fsp3) is 0.375. The summed E-state index contributed by atoms with van der Waals surface area (Å²) in [4.78, 5) is 28.6. The number of hydrogen-bond donors (Lipinski definition) is 1. The fourth-order valence-corrected chi connectivity index (χ4v) is 8.36. The van der Waals surface area contributed by atoms with E-state index in [1.807, 2.05) is 30.3 Å². The summed E-state index contributed by atoms with van der Waals surface area (Å²) in [5.41, 5.74) is 0.343. The Morgan fingerprint density at radius 2 is 1.69 bits per heavy atom. The molecule has 6 nitrogen and oxygen atoms in total. The molecule has 0 aromatic heterocycles. The monoisotopic (exact) mass is 631 g/mol. The summed E-state index contributed by atoms with van der Waals surface area (Å²) in [6.07, 6.45) is 1.61. The first-order chi connectivity index (χ1) is 19.9. The average Bonchev–Trinajstić information content (AvgIpc) is 3.79. The first-order valence-electron chi connectivity index (χ1n) is 14.0. The molecule has 1 aliphatic heterocycles. The number of halogens is 3. The molecule has 4 atom stereocenters. The van der Waals surface area contributed by atoms with Crippen molar-refractivity contribution in [3.05, 3.63) is 99.8 Å². The Balaban J connectivity index is 1.70. The van der Waals surface area contributed by atoms with E-state index < -0.39 is 39.1 Å². The minimum Gasteiger partial charge on any atom is -0.481 e. The van der Waals surface area contributed by atoms with E-state index in [0.717, 1.165) is 36.1 Å². The molecule has 222 valence electrons. The number of likely N-dealkylation sites (tertiary alicyclic amines) is 1. The summed E-state index contributed by atoms with van der Waals surface area (Å²) in [6.45, 7) is 1.80. The molecule has 0 spiro atoms. The van der Waals surface area contributed by atoms with Crippen molar-refractivity contribution in [2.24, 2.45) is 11.3 Å². The van der Waals surface area contributed by atoms with E-state index in [-0.39, 0.29) is 47.7 Å². The number of carbonyl (C=O) groups excluding carboxylic acids is 1. The quantitative estimate of drug-likeness (QED) is 0.237. The third kappa shape index (κ3) is 6.21. The van der Waals surface area contributed by atoms with Gasteiger partial charge >= 0.3 is 5.97 Å². The molecular formula is C32H32Cl2FNO5S. The van der Waals surface area contributed by atoms with Crippen LogP contribution in [0, 0.1) is 17.2 Å². The van der Waals surface area contributed by atoms with Crippen molar-refractivity contribution in [3.63, 3.8) is 0 Å². The maximum Gasteiger partial charge on any atom is 0.304 e. The van der Waals surface area contributed by atoms with Gasteiger partial charge in [-0.25, -0.2) is 12.8 Å². The standard InChI is InChI=1S/C32H32Cl2FNO5S/c1-2-32(18-29(37)38)17-27(22-4-3-5-24(34)16-22)30(21-8-10-23(33)11-9-21)36(31(32)39)28(20-6-7-20)19-42(40,41)26-14-12-25(35)13-15-26/h3-5,8-16,20,27-28,30H,2,6-7,17-19H2,1H3,(H,37,38)/t27-,28?,30-,32-/m1/s1. The lowest BCUT2D eigenvalue weighted by Gasteiger charge is -2.53. The summed E-state index contributed by atoms with van der Waals surface area (Å²) in [5.74, 6) is -2.84. The summed E-state index contributed by atoms with van der Waals surface area (Å²) in [6, 6.07) is 17.8. The molecule has 3 aromatic rings. The van der Waals surface area contributed by atoms with Crippen LogP contribution in [0.5, 0.6) is 0 Å². The van der Waals surface area contributed by atoms with Gasteiger partial charge in [-0.1, -0.05) is 54.4 Å². The smallest absolute Gasteiger partial charge is 0.304 e. The van der Waals surface area contributed by atoms with Gasteiger partial charge in [-0.05, 0) is 91.3 Å². The van der Waals surface area contributed by atoms with Crippen LogP contribution in [0.25, 0.3) is 0 Å². The van der Waals surface area contributed by atoms with Crippen molar-refractivity contribution < 1.29 is 27.5 Å². The molecule has 3 aromatic carbocycles. The average molecular weight is 633 g/mol. The third-order valence-corrected chi connectivity index (χ3v) is 11.0. The molecule has 1 amide bonds. The molecule has 0 bridgehead atoms. The van der Waals surface area contributed by atoms with Crippen LogP contribution in [0.4, 0.5) is 4.39 Å². The van der Waals surface area contributed by atoms with Gasteiger partial charge < -0.3 is 10.0 Å². The van der Waals surface area contributed by atoms with Gasteiger partial charge in [0.1, 0.15) is 5.82 Å². The molecule has 0 radical (unpaired) electrons. The fourth-order valence-electron chi connectivity index (χ4n) is 6.41. The highest BCUT2D eigenvalue weighted by molar-refractivity contribution is 7.91. The van der Waals surface area contributed by atoms with E-state index in [1.54, 1.807) is 30.0 Å². The van der Waals surface area contributed by atoms with Crippen LogP contribution < -0.4 is 0 Å². The van der Waals surface area contributed by atoms with Crippen molar-refractivity contribution >= 4 is 44.9 Å². The van der Waals surface area contributed by atoms with Gasteiger partial charge in [-0.3, -0.25) is 9.59 Å². The Morgan fingerprint density at radius 1 is 1.02 bits per heavy atom. The molecule has 1 saturated heterocycles. The number of sulfone groups is 1. The van der Waals surface area contributed by atoms with E-state index in [2.05, 4.69) is 0 Å². The van der Waals surface area contributed by atoms with Crippen LogP contribution in [-0.2, 0) is 19.4 Å². The Hall–Kier alpha value is -2.94. The lowest BCUT2D eigenvalue weighted by Crippen LogP contribution is -2.58. The van der Waals surface area contributed by atoms with E-state index in [9.17, 15) is 27.5 Å². The van der Waals surface area contributed by atoms with Crippen LogP contribution in [-0.4, -0.2) is 42.1 Å². The highest BCUT2D eigenvalue weighted by atomic mass is 35.5. The number of hydrogen-bond acceptors (Lipinski definition) is 4. The second-order valence-corrected chi connectivity index (χ2v) is 14.3. The molecule has 42 heavy (non-hydrogen) atoms. The van der Waals surface area contributed by atoms with Crippen molar-refractivity contribution in [2.75, 3.05) is 5.75 Å². The Kier molecular flexibility index (Phi) is 8.70. The topological polar surface area (TPSA) is 91.8 Å². The van der Waals surface area contributed by atoms with Gasteiger partial charge in [-0.15, -0.1) is 0 Å². The summed E-state index contributed by atoms with van der Waals surface area (Å²) < 4.78 is 41.1. The van der Waals surface area contributed by atoms with E-state index in [1.165, 1.54) is 12.1 Å². The number of aliphatic carboxylic acids is 1. The van der Waals surface area contributed by atoms with Crippen molar-refractivity contribution in [1.29, 1.82) is 0 Å². The zero-order valence-corrected chi connectivity index (χ0v) is 25.4. The number of carbonyl (C=O) groups is 2. The second kappa shape index (κ2) is 12.0. The van der Waals surface area contributed by atoms with Gasteiger partial charge in [0, 0.05) is 22.0 Å². The van der Waals surface area contributed by atoms with Crippen LogP contribution in [0.2, 0.25) is 10.0 Å². The molecule has 5 rings (SSSR count). The largest absolute Gasteiger partial charge is 0.481 e. The molecule has 1 heterocycles. The number of carboxylic acids is 1. The number of piperidine rings is 1. The van der Waals surface area contributed by atoms with Gasteiger partial charge in [0.15, 0.2) is 9.84 Å². The second-order valence-electron chi connectivity index (χ2n) is 11.4. The predicted octanol–water partition coefficient (Wildman–Crippen LogP) is 7.31. The van der Waals surface area contributed by atoms with Crippen LogP contribution in [0.1, 0.15) is 62.1 Å². The molecule has 1 N–H and O–H groups in total. The van der Waals surface area contributed by atoms with Crippen molar-refractivity contribution in [3.8, 4) is 0 Å². The highest BCUT2D eigenvalue weighted by Crippen LogP contribution is 2.55. The predicted molar refractivity (Wildman–Crippen MR) is 160 cm³/mol. The number of carboxylic acid groups (broad SMARTS) is 1. The number of amides is 1. The zero-order chi connectivity index (χ0) is 30.2. The minimum absolute atomic E-state index is 0.0271. The number of nitrogens with zero attached hydrogens (tertiary/aromatic N) is 1. The van der Waals surface area contributed by atoms with Crippen molar-refractivity contribution in [1.82, 2.24) is 4.90 Å². The third-order valence-electron chi connectivity index (χ3n) is 8.72. The molecule has 10 heteroatoms. The maximum atomic E-state index is 14.7. The lowest BCUT2D eigenvalue weighted by atomic mass is 9.65. The zero-order valence-electron chi connectivity index (χ0n) is 23.0. The maximum absolute atomic E-state index is 14.7. The van der Waals surface area contributed by atoms with Crippen LogP contribution in [0.15, 0.2) is 77.7 Å². The highest BCUT2D eigenvalue weighted by Gasteiger charge is 2.56. The summed E-state index contributed by atoms with van der Waals surface area (Å²) in [7, 11) is -3.94. The number of benzene rings is 3. The molecule has 1 saturated carbocycles. The normalized spacial score (nSPS) is 23.5. The first-order valence-corrected chi connectivity index (χ1v) is 16.4. The van der Waals surface area contributed by atoms with Gasteiger partial charge in [0.2, 0.25) is 5.91 Å². The van der Waals surface area contributed by atoms with E-state index >= 15 is 0 Å². The van der Waals surface area contributed by atoms with Gasteiger partial charge in [0.05, 0.1) is 28.5 Å². The van der Waals surface area contributed by atoms with Crippen LogP contribution >= 0.6 is 23.2 Å². The molecular weight excluding hydrogens is 600 g/mol. The Bertz CT molecular complexity index is 1580. The summed E-state index contributed by atoms with van der Waals surface area (Å²) >= 11 is 12.7. The van der Waals surface area contributed by atoms with Crippen LogP contribution in [0.3, 0.4) is 0 Å². The summed E-state index contributed by atoms with van der Waals surface area (Å²) in [5, 5.41) is 11.0. The lowest BCUT2D eigenvalue weighted by molar-refractivity contribution is -0.162. The first kappa shape index (κ1) is 30.5. The minimum atomic E-state index is -3.94. The number of rotatable bonds is 10. The van der Waals surface area contributed by atoms with Gasteiger partial charge in [0.25, 0.3) is 0 Å². The van der Waals surface area contributed by atoms with E-state index in [0.29, 0.717) is 10.0 Å². The molecule has 2 fully saturated rings. The van der Waals surface area contributed by atoms with E-state index in [4.69, 9.17) is 23.2 Å². The molecule has 1 aliphatic carbocycles. The van der Waals surface area contributed by atoms with Gasteiger partial charge in [-0.2, -0.15) is 0 Å². The Morgan fingerprint density at radius 3 is 2.26 bits per heavy atom.